The molecule has 0 N–H and O–H groups in total. The highest BCUT2D eigenvalue weighted by Gasteiger charge is 2.44. The van der Waals surface area contributed by atoms with Gasteiger partial charge in [-0.15, -0.1) is 11.3 Å². The molecule has 0 saturated carbocycles. The van der Waals surface area contributed by atoms with Crippen LogP contribution in [0.25, 0.3) is 0 Å². The Morgan fingerprint density at radius 3 is 3.00 bits per heavy atom. The zero-order chi connectivity index (χ0) is 10.6. The lowest BCUT2D eigenvalue weighted by Crippen LogP contribution is -2.48. The molecule has 1 aromatic rings. The number of imide groups is 1. The molecule has 3 nitrogen and oxygen atoms in total. The number of likely N-dealkylation sites (N-methyl/N-ethyl adjacent to an activating group) is 1. The van der Waals surface area contributed by atoms with E-state index in [0.717, 1.165) is 12.0 Å². The molecule has 2 atom stereocenters. The summed E-state index contributed by atoms with van der Waals surface area (Å²) >= 11 is 1.66. The van der Waals surface area contributed by atoms with Gasteiger partial charge in [0.25, 0.3) is 0 Å². The summed E-state index contributed by atoms with van der Waals surface area (Å²) in [6.07, 6.45) is 1.53. The molecule has 4 heteroatoms. The molecule has 1 saturated heterocycles. The average molecular weight is 221 g/mol. The van der Waals surface area contributed by atoms with Crippen molar-refractivity contribution in [2.24, 2.45) is 5.92 Å². The summed E-state index contributed by atoms with van der Waals surface area (Å²) < 4.78 is 0. The molecule has 78 valence electrons. The molecule has 2 amide bonds. The fourth-order valence-electron chi connectivity index (χ4n) is 2.58. The third kappa shape index (κ3) is 1.11. The van der Waals surface area contributed by atoms with Crippen molar-refractivity contribution in [3.05, 3.63) is 21.9 Å². The van der Waals surface area contributed by atoms with Gasteiger partial charge in [-0.3, -0.25) is 14.5 Å². The molecule has 0 radical (unpaired) electrons. The van der Waals surface area contributed by atoms with Gasteiger partial charge < -0.3 is 0 Å². The molecule has 2 unspecified atom stereocenters. The maximum atomic E-state index is 11.9. The number of hydrogen-bond donors (Lipinski definition) is 0. The van der Waals surface area contributed by atoms with Gasteiger partial charge in [0.1, 0.15) is 0 Å². The summed E-state index contributed by atoms with van der Waals surface area (Å²) in [6.45, 7) is 0. The molecule has 1 aromatic heterocycles. The molecular formula is C11H11NO2S. The van der Waals surface area contributed by atoms with E-state index in [9.17, 15) is 9.59 Å². The zero-order valence-corrected chi connectivity index (χ0v) is 9.21. The summed E-state index contributed by atoms with van der Waals surface area (Å²) in [4.78, 5) is 26.2. The van der Waals surface area contributed by atoms with Gasteiger partial charge in [-0.2, -0.15) is 0 Å². The first-order chi connectivity index (χ1) is 7.18. The molecule has 2 bridgehead atoms. The van der Waals surface area contributed by atoms with Gasteiger partial charge in [-0.25, -0.2) is 0 Å². The first kappa shape index (κ1) is 9.09. The molecule has 2 heterocycles. The monoisotopic (exact) mass is 221 g/mol. The van der Waals surface area contributed by atoms with E-state index in [1.165, 1.54) is 9.78 Å². The highest BCUT2D eigenvalue weighted by atomic mass is 32.1. The number of likely N-dealkylation sites (tertiary alicyclic amines) is 1. The van der Waals surface area contributed by atoms with Crippen LogP contribution in [0.3, 0.4) is 0 Å². The molecule has 3 rings (SSSR count). The SMILES string of the molecule is CN1C(=O)C2Cc3sccc3C(C2)C1=O. The lowest BCUT2D eigenvalue weighted by atomic mass is 9.76. The second-order valence-electron chi connectivity index (χ2n) is 4.22. The number of fused-ring (bicyclic) bond motifs is 4. The Labute approximate surface area is 91.7 Å². The predicted molar refractivity (Wildman–Crippen MR) is 56.6 cm³/mol. The first-order valence-electron chi connectivity index (χ1n) is 5.06. The minimum Gasteiger partial charge on any atom is -0.285 e. The lowest BCUT2D eigenvalue weighted by Gasteiger charge is -2.37. The Balaban J connectivity index is 2.12. The maximum absolute atomic E-state index is 11.9. The second-order valence-corrected chi connectivity index (χ2v) is 5.22. The van der Waals surface area contributed by atoms with Crippen LogP contribution in [0.5, 0.6) is 0 Å². The highest BCUT2D eigenvalue weighted by Crippen LogP contribution is 2.42. The standard InChI is InChI=1S/C11H11NO2S/c1-12-10(13)6-4-8(11(12)14)7-2-3-15-9(7)5-6/h2-3,6,8H,4-5H2,1H3. The third-order valence-corrected chi connectivity index (χ3v) is 4.37. The lowest BCUT2D eigenvalue weighted by molar-refractivity contribution is -0.151. The Kier molecular flexibility index (Phi) is 1.77. The summed E-state index contributed by atoms with van der Waals surface area (Å²) in [5.41, 5.74) is 1.15. The summed E-state index contributed by atoms with van der Waals surface area (Å²) in [5, 5.41) is 2.02. The van der Waals surface area contributed by atoms with Crippen molar-refractivity contribution in [1.29, 1.82) is 0 Å². The van der Waals surface area contributed by atoms with E-state index in [1.807, 2.05) is 11.4 Å². The van der Waals surface area contributed by atoms with Crippen molar-refractivity contribution >= 4 is 23.2 Å². The largest absolute Gasteiger partial charge is 0.285 e. The summed E-state index contributed by atoms with van der Waals surface area (Å²) in [6, 6.07) is 2.03. The number of piperidine rings is 1. The van der Waals surface area contributed by atoms with Gasteiger partial charge in [0.15, 0.2) is 0 Å². The molecule has 0 spiro atoms. The summed E-state index contributed by atoms with van der Waals surface area (Å²) in [5.74, 6) is -0.0672. The number of rotatable bonds is 0. The van der Waals surface area contributed by atoms with E-state index in [1.54, 1.807) is 18.4 Å². The first-order valence-corrected chi connectivity index (χ1v) is 5.94. The zero-order valence-electron chi connectivity index (χ0n) is 8.40. The second kappa shape index (κ2) is 2.92. The number of amides is 2. The molecular weight excluding hydrogens is 210 g/mol. The van der Waals surface area contributed by atoms with E-state index in [2.05, 4.69) is 0 Å². The van der Waals surface area contributed by atoms with Crippen LogP contribution in [0.15, 0.2) is 11.4 Å². The number of carbonyl (C=O) groups excluding carboxylic acids is 2. The minimum atomic E-state index is -0.0623. The van der Waals surface area contributed by atoms with E-state index in [4.69, 9.17) is 0 Å². The third-order valence-electron chi connectivity index (χ3n) is 3.42. The molecule has 2 aliphatic rings. The molecule has 15 heavy (non-hydrogen) atoms. The van der Waals surface area contributed by atoms with E-state index < -0.39 is 0 Å². The highest BCUT2D eigenvalue weighted by molar-refractivity contribution is 7.10. The van der Waals surface area contributed by atoms with Crippen LogP contribution in [0.4, 0.5) is 0 Å². The van der Waals surface area contributed by atoms with Gasteiger partial charge in [-0.1, -0.05) is 0 Å². The van der Waals surface area contributed by atoms with Crippen molar-refractivity contribution in [2.45, 2.75) is 18.8 Å². The molecule has 0 aromatic carbocycles. The predicted octanol–water partition coefficient (Wildman–Crippen LogP) is 1.39. The van der Waals surface area contributed by atoms with Crippen molar-refractivity contribution in [3.63, 3.8) is 0 Å². The Bertz CT molecular complexity index is 451. The maximum Gasteiger partial charge on any atom is 0.236 e. The average Bonchev–Trinajstić information content (AvgIpc) is 2.70. The van der Waals surface area contributed by atoms with Crippen molar-refractivity contribution in [2.75, 3.05) is 7.05 Å². The van der Waals surface area contributed by atoms with Crippen LogP contribution in [0.1, 0.15) is 22.8 Å². The number of carbonyl (C=O) groups is 2. The minimum absolute atomic E-state index is 0.00435. The fourth-order valence-corrected chi connectivity index (χ4v) is 3.61. The molecule has 1 aliphatic heterocycles. The number of nitrogens with zero attached hydrogens (tertiary/aromatic N) is 1. The topological polar surface area (TPSA) is 37.4 Å². The van der Waals surface area contributed by atoms with E-state index >= 15 is 0 Å². The van der Waals surface area contributed by atoms with Crippen LogP contribution in [-0.4, -0.2) is 23.8 Å². The fraction of sp³-hybridized carbons (Fsp3) is 0.455. The van der Waals surface area contributed by atoms with Crippen LogP contribution < -0.4 is 0 Å². The van der Waals surface area contributed by atoms with Gasteiger partial charge in [-0.05, 0) is 29.9 Å². The Morgan fingerprint density at radius 1 is 1.40 bits per heavy atom. The van der Waals surface area contributed by atoms with Crippen LogP contribution in [-0.2, 0) is 16.0 Å². The van der Waals surface area contributed by atoms with Gasteiger partial charge in [0, 0.05) is 17.8 Å². The van der Waals surface area contributed by atoms with Crippen molar-refractivity contribution < 1.29 is 9.59 Å². The Morgan fingerprint density at radius 2 is 2.20 bits per heavy atom. The van der Waals surface area contributed by atoms with Gasteiger partial charge in [0.05, 0.1) is 5.92 Å². The molecule has 1 fully saturated rings. The summed E-state index contributed by atoms with van der Waals surface area (Å²) in [7, 11) is 1.60. The van der Waals surface area contributed by atoms with Gasteiger partial charge >= 0.3 is 0 Å². The quantitative estimate of drug-likeness (QED) is 0.621. The van der Waals surface area contributed by atoms with Crippen molar-refractivity contribution in [1.82, 2.24) is 4.90 Å². The number of thiophene rings is 1. The van der Waals surface area contributed by atoms with E-state index in [0.29, 0.717) is 6.42 Å². The van der Waals surface area contributed by atoms with E-state index in [-0.39, 0.29) is 23.7 Å². The van der Waals surface area contributed by atoms with Crippen molar-refractivity contribution in [3.8, 4) is 0 Å². The normalized spacial score (nSPS) is 29.3. The number of hydrogen-bond acceptors (Lipinski definition) is 3. The van der Waals surface area contributed by atoms with Gasteiger partial charge in [0.2, 0.25) is 11.8 Å². The van der Waals surface area contributed by atoms with Crippen LogP contribution >= 0.6 is 11.3 Å². The Hall–Kier alpha value is -1.16. The van der Waals surface area contributed by atoms with Crippen LogP contribution in [0, 0.1) is 5.92 Å². The smallest absolute Gasteiger partial charge is 0.236 e. The van der Waals surface area contributed by atoms with Crippen LogP contribution in [0.2, 0.25) is 0 Å². The molecule has 1 aliphatic carbocycles.